The largest absolute Gasteiger partial charge is 0.547 e. The van der Waals surface area contributed by atoms with E-state index >= 15 is 0 Å². The van der Waals surface area contributed by atoms with Crippen LogP contribution in [-0.4, -0.2) is 61.8 Å². The standard InChI is InChI=1S/C15H17BN4O6/c21-5-4-10-7-20(19-18-10)8-13(22)17-12-6-9-2-1-3-11(15(23)24)14(9)26-16(12)25/h1-3,7,12,21,25H,4-6,8H2,(H,17,22)(H,23,24)/t12-/m0/s1. The first-order valence-corrected chi connectivity index (χ1v) is 7.97. The molecular formula is C15H17BN4O6. The number of aliphatic hydroxyl groups is 1. The predicted octanol–water partition coefficient (Wildman–Crippen LogP) is -1.35. The third kappa shape index (κ3) is 3.84. The number of aromatic carboxylic acids is 1. The lowest BCUT2D eigenvalue weighted by molar-refractivity contribution is -0.122. The molecule has 1 atom stereocenters. The smallest absolute Gasteiger partial charge is 0.534 e. The van der Waals surface area contributed by atoms with Crippen molar-refractivity contribution < 1.29 is 29.5 Å². The molecule has 0 unspecified atom stereocenters. The zero-order chi connectivity index (χ0) is 18.7. The lowest BCUT2D eigenvalue weighted by Gasteiger charge is -2.28. The summed E-state index contributed by atoms with van der Waals surface area (Å²) in [5.41, 5.74) is 1.12. The second kappa shape index (κ2) is 7.54. The summed E-state index contributed by atoms with van der Waals surface area (Å²) in [5, 5.41) is 38.4. The number of aliphatic hydroxyl groups excluding tert-OH is 1. The first kappa shape index (κ1) is 17.9. The van der Waals surface area contributed by atoms with Crippen LogP contribution in [0.2, 0.25) is 0 Å². The van der Waals surface area contributed by atoms with Crippen molar-refractivity contribution in [2.24, 2.45) is 0 Å². The Morgan fingerprint density at radius 2 is 2.23 bits per heavy atom. The summed E-state index contributed by atoms with van der Waals surface area (Å²) in [6, 6.07) is 4.66. The van der Waals surface area contributed by atoms with Gasteiger partial charge in [0.1, 0.15) is 12.3 Å². The van der Waals surface area contributed by atoms with Crippen LogP contribution in [-0.2, 0) is 24.2 Å². The Morgan fingerprint density at radius 1 is 1.42 bits per heavy atom. The number of carboxylic acid groups (broad SMARTS) is 1. The van der Waals surface area contributed by atoms with Gasteiger partial charge < -0.3 is 25.2 Å². The van der Waals surface area contributed by atoms with Crippen LogP contribution in [0.3, 0.4) is 0 Å². The Morgan fingerprint density at radius 3 is 2.96 bits per heavy atom. The number of para-hydroxylation sites is 1. The van der Waals surface area contributed by atoms with E-state index in [1.165, 1.54) is 10.7 Å². The topological polar surface area (TPSA) is 147 Å². The molecule has 2 aromatic rings. The molecule has 0 saturated heterocycles. The third-order valence-corrected chi connectivity index (χ3v) is 3.96. The minimum absolute atomic E-state index is 0.0367. The van der Waals surface area contributed by atoms with Crippen molar-refractivity contribution in [2.75, 3.05) is 6.61 Å². The molecule has 0 spiro atoms. The number of amides is 1. The van der Waals surface area contributed by atoms with Crippen LogP contribution in [0.1, 0.15) is 21.6 Å². The molecule has 4 N–H and O–H groups in total. The van der Waals surface area contributed by atoms with Crippen LogP contribution in [0, 0.1) is 0 Å². The second-order valence-corrected chi connectivity index (χ2v) is 5.87. The number of fused-ring (bicyclic) bond motifs is 1. The molecule has 0 saturated carbocycles. The van der Waals surface area contributed by atoms with Gasteiger partial charge >= 0.3 is 13.1 Å². The zero-order valence-corrected chi connectivity index (χ0v) is 13.7. The quantitative estimate of drug-likeness (QED) is 0.463. The number of hydrogen-bond acceptors (Lipinski definition) is 7. The summed E-state index contributed by atoms with van der Waals surface area (Å²) in [5.74, 6) is -2.17. The zero-order valence-electron chi connectivity index (χ0n) is 13.7. The van der Waals surface area contributed by atoms with Gasteiger partial charge in [0.2, 0.25) is 5.91 Å². The predicted molar refractivity (Wildman–Crippen MR) is 88.4 cm³/mol. The van der Waals surface area contributed by atoms with E-state index in [-0.39, 0.29) is 30.9 Å². The average Bonchev–Trinajstić information content (AvgIpc) is 3.02. The molecule has 0 aliphatic carbocycles. The maximum Gasteiger partial charge on any atom is 0.547 e. The summed E-state index contributed by atoms with van der Waals surface area (Å²) in [6.45, 7) is -0.169. The van der Waals surface area contributed by atoms with Crippen LogP contribution in [0.25, 0.3) is 0 Å². The Labute approximate surface area is 148 Å². The number of nitrogens with one attached hydrogen (secondary N) is 1. The third-order valence-electron chi connectivity index (χ3n) is 3.96. The highest BCUT2D eigenvalue weighted by Crippen LogP contribution is 2.30. The molecule has 136 valence electrons. The van der Waals surface area contributed by atoms with E-state index in [0.717, 1.165) is 0 Å². The first-order chi connectivity index (χ1) is 12.5. The number of rotatable bonds is 6. The van der Waals surface area contributed by atoms with Crippen molar-refractivity contribution >= 4 is 19.0 Å². The molecule has 26 heavy (non-hydrogen) atoms. The fourth-order valence-corrected chi connectivity index (χ4v) is 2.76. The molecule has 1 aliphatic heterocycles. The maximum absolute atomic E-state index is 12.2. The Balaban J connectivity index is 1.66. The molecule has 0 radical (unpaired) electrons. The van der Waals surface area contributed by atoms with Gasteiger partial charge in [-0.2, -0.15) is 0 Å². The van der Waals surface area contributed by atoms with Gasteiger partial charge in [-0.05, 0) is 18.1 Å². The fourth-order valence-electron chi connectivity index (χ4n) is 2.76. The highest BCUT2D eigenvalue weighted by atomic mass is 16.5. The first-order valence-electron chi connectivity index (χ1n) is 7.97. The maximum atomic E-state index is 12.2. The van der Waals surface area contributed by atoms with Gasteiger partial charge in [0.15, 0.2) is 0 Å². The number of carboxylic acids is 1. The summed E-state index contributed by atoms with van der Waals surface area (Å²) < 4.78 is 6.65. The van der Waals surface area contributed by atoms with E-state index in [1.54, 1.807) is 18.3 Å². The molecular weight excluding hydrogens is 343 g/mol. The van der Waals surface area contributed by atoms with Crippen molar-refractivity contribution in [2.45, 2.75) is 25.3 Å². The van der Waals surface area contributed by atoms with Crippen molar-refractivity contribution in [1.29, 1.82) is 0 Å². The van der Waals surface area contributed by atoms with E-state index < -0.39 is 24.9 Å². The van der Waals surface area contributed by atoms with Gasteiger partial charge in [-0.25, -0.2) is 9.48 Å². The second-order valence-electron chi connectivity index (χ2n) is 5.87. The van der Waals surface area contributed by atoms with Crippen molar-refractivity contribution in [3.05, 3.63) is 41.2 Å². The summed E-state index contributed by atoms with van der Waals surface area (Å²) in [4.78, 5) is 23.4. The monoisotopic (exact) mass is 360 g/mol. The average molecular weight is 360 g/mol. The van der Waals surface area contributed by atoms with Crippen LogP contribution in [0.15, 0.2) is 24.4 Å². The molecule has 1 aromatic carbocycles. The summed E-state index contributed by atoms with van der Waals surface area (Å²) in [6.07, 6.45) is 2.13. The minimum atomic E-state index is -1.37. The number of carbonyl (C=O) groups excluding carboxylic acids is 1. The Bertz CT molecular complexity index is 826. The lowest BCUT2D eigenvalue weighted by Crippen LogP contribution is -2.53. The molecule has 3 rings (SSSR count). The van der Waals surface area contributed by atoms with E-state index in [0.29, 0.717) is 17.7 Å². The lowest BCUT2D eigenvalue weighted by atomic mass is 9.72. The van der Waals surface area contributed by atoms with Crippen molar-refractivity contribution in [3.8, 4) is 5.75 Å². The summed E-state index contributed by atoms with van der Waals surface area (Å²) in [7, 11) is -1.37. The number of nitrogens with zero attached hydrogens (tertiary/aromatic N) is 3. The van der Waals surface area contributed by atoms with Crippen molar-refractivity contribution in [1.82, 2.24) is 20.3 Å². The highest BCUT2D eigenvalue weighted by Gasteiger charge is 2.37. The van der Waals surface area contributed by atoms with Gasteiger partial charge in [-0.3, -0.25) is 4.79 Å². The number of benzene rings is 1. The molecule has 10 nitrogen and oxygen atoms in total. The SMILES string of the molecule is O=C(Cn1cc(CCO)nn1)N[C@H]1Cc2cccc(C(=O)O)c2OB1O. The van der Waals surface area contributed by atoms with Crippen LogP contribution < -0.4 is 9.97 Å². The van der Waals surface area contributed by atoms with E-state index in [1.807, 2.05) is 0 Å². The number of hydrogen-bond donors (Lipinski definition) is 4. The molecule has 0 bridgehead atoms. The van der Waals surface area contributed by atoms with Gasteiger partial charge in [0, 0.05) is 19.2 Å². The van der Waals surface area contributed by atoms with Crippen LogP contribution in [0.4, 0.5) is 0 Å². The van der Waals surface area contributed by atoms with Gasteiger partial charge in [-0.15, -0.1) is 5.10 Å². The summed E-state index contributed by atoms with van der Waals surface area (Å²) >= 11 is 0. The van der Waals surface area contributed by atoms with Gasteiger partial charge in [0.25, 0.3) is 0 Å². The molecule has 1 amide bonds. The normalized spacial score (nSPS) is 15.9. The molecule has 2 heterocycles. The molecule has 0 fully saturated rings. The van der Waals surface area contributed by atoms with Gasteiger partial charge in [0.05, 0.1) is 17.2 Å². The van der Waals surface area contributed by atoms with E-state index in [2.05, 4.69) is 15.6 Å². The van der Waals surface area contributed by atoms with Gasteiger partial charge in [-0.1, -0.05) is 17.3 Å². The van der Waals surface area contributed by atoms with E-state index in [9.17, 15) is 19.7 Å². The van der Waals surface area contributed by atoms with Crippen molar-refractivity contribution in [3.63, 3.8) is 0 Å². The molecule has 1 aromatic heterocycles. The Kier molecular flexibility index (Phi) is 5.19. The Hall–Kier alpha value is -2.92. The number of carbonyl (C=O) groups is 2. The fraction of sp³-hybridized carbons (Fsp3) is 0.333. The van der Waals surface area contributed by atoms with E-state index in [4.69, 9.17) is 9.76 Å². The number of aromatic nitrogens is 3. The van der Waals surface area contributed by atoms with Crippen LogP contribution in [0.5, 0.6) is 5.75 Å². The van der Waals surface area contributed by atoms with Crippen LogP contribution >= 0.6 is 0 Å². The molecule has 1 aliphatic rings. The minimum Gasteiger partial charge on any atom is -0.534 e. The highest BCUT2D eigenvalue weighted by molar-refractivity contribution is 6.47. The molecule has 11 heteroatoms.